The van der Waals surface area contributed by atoms with Crippen molar-refractivity contribution in [1.29, 1.82) is 0 Å². The predicted octanol–water partition coefficient (Wildman–Crippen LogP) is 2.10. The molecule has 1 fully saturated rings. The maximum Gasteiger partial charge on any atom is 0.198 e. The van der Waals surface area contributed by atoms with Crippen LogP contribution in [0.4, 0.5) is 0 Å². The van der Waals surface area contributed by atoms with Gasteiger partial charge in [-0.15, -0.1) is 0 Å². The van der Waals surface area contributed by atoms with E-state index >= 15 is 0 Å². The Hall–Kier alpha value is -1.61. The van der Waals surface area contributed by atoms with Crippen LogP contribution in [0.25, 0.3) is 10.9 Å². The first-order valence-electron chi connectivity index (χ1n) is 8.03. The number of hydrogen-bond donors (Lipinski definition) is 2. The van der Waals surface area contributed by atoms with Crippen LogP contribution < -0.4 is 10.3 Å². The molecule has 21 heavy (non-hydrogen) atoms. The predicted molar refractivity (Wildman–Crippen MR) is 86.9 cm³/mol. The summed E-state index contributed by atoms with van der Waals surface area (Å²) < 4.78 is 0. The Morgan fingerprint density at radius 2 is 2.10 bits per heavy atom. The molecule has 0 saturated carbocycles. The molecule has 2 aromatic rings. The minimum Gasteiger partial charge on any atom is -0.358 e. The number of piperidine rings is 1. The van der Waals surface area contributed by atoms with Crippen LogP contribution in [-0.2, 0) is 6.54 Å². The van der Waals surface area contributed by atoms with Gasteiger partial charge < -0.3 is 9.88 Å². The number of rotatable bonds is 2. The molecule has 0 amide bonds. The van der Waals surface area contributed by atoms with Crippen LogP contribution in [0.2, 0.25) is 0 Å². The molecular formula is C18H25N2O+. The minimum atomic E-state index is 0.218. The number of hydrogen-bond acceptors (Lipinski definition) is 1. The van der Waals surface area contributed by atoms with Crippen molar-refractivity contribution in [3.63, 3.8) is 0 Å². The summed E-state index contributed by atoms with van der Waals surface area (Å²) in [5.74, 6) is 0. The SMILES string of the molecule is Cc1ccc2[nH]c(C)c(C[NH+]3CCCC[C@H]3C)c(=O)c2c1. The van der Waals surface area contributed by atoms with E-state index in [4.69, 9.17) is 0 Å². The summed E-state index contributed by atoms with van der Waals surface area (Å²) in [6, 6.07) is 6.73. The lowest BCUT2D eigenvalue weighted by atomic mass is 10.0. The number of aromatic amines is 1. The Labute approximate surface area is 126 Å². The number of aromatic nitrogens is 1. The number of aryl methyl sites for hydroxylation is 2. The molecule has 1 aromatic heterocycles. The summed E-state index contributed by atoms with van der Waals surface area (Å²) in [7, 11) is 0. The zero-order valence-electron chi connectivity index (χ0n) is 13.3. The van der Waals surface area contributed by atoms with Gasteiger partial charge in [0.25, 0.3) is 0 Å². The van der Waals surface area contributed by atoms with E-state index in [0.717, 1.165) is 34.3 Å². The molecule has 112 valence electrons. The molecular weight excluding hydrogens is 260 g/mol. The first-order valence-corrected chi connectivity index (χ1v) is 8.03. The van der Waals surface area contributed by atoms with Crippen LogP contribution in [0, 0.1) is 13.8 Å². The second-order valence-electron chi connectivity index (χ2n) is 6.59. The number of H-pyrrole nitrogens is 1. The quantitative estimate of drug-likeness (QED) is 0.871. The molecule has 1 unspecified atom stereocenters. The molecule has 3 rings (SSSR count). The number of pyridine rings is 1. The third kappa shape index (κ3) is 2.75. The molecule has 0 spiro atoms. The van der Waals surface area contributed by atoms with Gasteiger partial charge >= 0.3 is 0 Å². The highest BCUT2D eigenvalue weighted by Crippen LogP contribution is 2.13. The maximum absolute atomic E-state index is 12.8. The van der Waals surface area contributed by atoms with Crippen LogP contribution in [-0.4, -0.2) is 17.6 Å². The lowest BCUT2D eigenvalue weighted by Gasteiger charge is -2.30. The smallest absolute Gasteiger partial charge is 0.198 e. The number of fused-ring (bicyclic) bond motifs is 1. The van der Waals surface area contributed by atoms with E-state index in [1.54, 1.807) is 4.90 Å². The number of nitrogens with one attached hydrogen (secondary N) is 2. The van der Waals surface area contributed by atoms with Crippen LogP contribution in [0.5, 0.6) is 0 Å². The highest BCUT2D eigenvalue weighted by Gasteiger charge is 2.24. The molecule has 3 nitrogen and oxygen atoms in total. The average Bonchev–Trinajstić information content (AvgIpc) is 2.46. The van der Waals surface area contributed by atoms with Crippen molar-refractivity contribution in [1.82, 2.24) is 4.98 Å². The zero-order chi connectivity index (χ0) is 15.0. The van der Waals surface area contributed by atoms with Gasteiger partial charge in [-0.25, -0.2) is 0 Å². The Kier molecular flexibility index (Phi) is 3.85. The van der Waals surface area contributed by atoms with Crippen molar-refractivity contribution in [2.75, 3.05) is 6.54 Å². The summed E-state index contributed by atoms with van der Waals surface area (Å²) in [5, 5.41) is 0.833. The monoisotopic (exact) mass is 285 g/mol. The third-order valence-corrected chi connectivity index (χ3v) is 4.95. The van der Waals surface area contributed by atoms with Gasteiger partial charge in [0.05, 0.1) is 18.2 Å². The summed E-state index contributed by atoms with van der Waals surface area (Å²) in [6.45, 7) is 8.42. The Morgan fingerprint density at radius 3 is 2.86 bits per heavy atom. The molecule has 0 bridgehead atoms. The molecule has 1 aliphatic rings. The zero-order valence-corrected chi connectivity index (χ0v) is 13.3. The molecule has 2 N–H and O–H groups in total. The van der Waals surface area contributed by atoms with E-state index in [1.807, 2.05) is 26.0 Å². The summed E-state index contributed by atoms with van der Waals surface area (Å²) in [4.78, 5) is 17.8. The van der Waals surface area contributed by atoms with Crippen molar-refractivity contribution in [3.05, 3.63) is 45.2 Å². The van der Waals surface area contributed by atoms with E-state index < -0.39 is 0 Å². The molecule has 1 aliphatic heterocycles. The first kappa shape index (κ1) is 14.3. The molecule has 0 aliphatic carbocycles. The van der Waals surface area contributed by atoms with E-state index in [9.17, 15) is 4.79 Å². The second kappa shape index (κ2) is 5.64. The standard InChI is InChI=1S/C18H24N2O/c1-12-7-8-17-15(10-12)18(21)16(14(3)19-17)11-20-9-5-4-6-13(20)2/h7-8,10,13H,4-6,9,11H2,1-3H3,(H,19,21)/p+1/t13-/m1/s1. The summed E-state index contributed by atoms with van der Waals surface area (Å²) >= 11 is 0. The van der Waals surface area contributed by atoms with Crippen LogP contribution in [0.15, 0.2) is 23.0 Å². The van der Waals surface area contributed by atoms with E-state index in [2.05, 4.69) is 18.0 Å². The van der Waals surface area contributed by atoms with E-state index in [0.29, 0.717) is 6.04 Å². The average molecular weight is 285 g/mol. The molecule has 1 saturated heterocycles. The third-order valence-electron chi connectivity index (χ3n) is 4.95. The molecule has 0 radical (unpaired) electrons. The van der Waals surface area contributed by atoms with Gasteiger partial charge in [0, 0.05) is 16.6 Å². The van der Waals surface area contributed by atoms with Gasteiger partial charge in [-0.2, -0.15) is 0 Å². The fraction of sp³-hybridized carbons (Fsp3) is 0.500. The number of quaternary nitrogens is 1. The fourth-order valence-electron chi connectivity index (χ4n) is 3.52. The minimum absolute atomic E-state index is 0.218. The van der Waals surface area contributed by atoms with E-state index in [-0.39, 0.29) is 5.43 Å². The Balaban J connectivity index is 2.03. The van der Waals surface area contributed by atoms with E-state index in [1.165, 1.54) is 25.8 Å². The molecule has 3 heteroatoms. The van der Waals surface area contributed by atoms with Crippen LogP contribution in [0.3, 0.4) is 0 Å². The van der Waals surface area contributed by atoms with Crippen molar-refractivity contribution < 1.29 is 4.90 Å². The normalized spacial score (nSPS) is 22.6. The van der Waals surface area contributed by atoms with Crippen molar-refractivity contribution in [2.45, 2.75) is 52.6 Å². The van der Waals surface area contributed by atoms with Gasteiger partial charge in [-0.05, 0) is 52.2 Å². The van der Waals surface area contributed by atoms with Crippen LogP contribution >= 0.6 is 0 Å². The summed E-state index contributed by atoms with van der Waals surface area (Å²) in [6.07, 6.45) is 3.89. The van der Waals surface area contributed by atoms with Gasteiger partial charge in [-0.1, -0.05) is 11.6 Å². The van der Waals surface area contributed by atoms with Gasteiger partial charge in [-0.3, -0.25) is 4.79 Å². The van der Waals surface area contributed by atoms with Crippen molar-refractivity contribution in [2.24, 2.45) is 0 Å². The van der Waals surface area contributed by atoms with Gasteiger partial charge in [0.2, 0.25) is 0 Å². The largest absolute Gasteiger partial charge is 0.358 e. The molecule has 2 atom stereocenters. The lowest BCUT2D eigenvalue weighted by Crippen LogP contribution is -3.15. The molecule has 1 aromatic carbocycles. The van der Waals surface area contributed by atoms with Gasteiger partial charge in [0.1, 0.15) is 6.54 Å². The van der Waals surface area contributed by atoms with Crippen molar-refractivity contribution >= 4 is 10.9 Å². The Bertz CT molecular complexity index is 717. The highest BCUT2D eigenvalue weighted by atomic mass is 16.1. The molecule has 2 heterocycles. The van der Waals surface area contributed by atoms with Crippen molar-refractivity contribution in [3.8, 4) is 0 Å². The second-order valence-corrected chi connectivity index (χ2v) is 6.59. The fourth-order valence-corrected chi connectivity index (χ4v) is 3.52. The Morgan fingerprint density at radius 1 is 1.29 bits per heavy atom. The highest BCUT2D eigenvalue weighted by molar-refractivity contribution is 5.80. The maximum atomic E-state index is 12.8. The van der Waals surface area contributed by atoms with Gasteiger partial charge in [0.15, 0.2) is 5.43 Å². The first-order chi connectivity index (χ1) is 10.1. The number of benzene rings is 1. The topological polar surface area (TPSA) is 37.3 Å². The number of likely N-dealkylation sites (tertiary alicyclic amines) is 1. The lowest BCUT2D eigenvalue weighted by molar-refractivity contribution is -0.942. The van der Waals surface area contributed by atoms with Crippen LogP contribution in [0.1, 0.15) is 43.0 Å². The summed E-state index contributed by atoms with van der Waals surface area (Å²) in [5.41, 5.74) is 4.31.